The summed E-state index contributed by atoms with van der Waals surface area (Å²) < 4.78 is 2.06. The van der Waals surface area contributed by atoms with Crippen LogP contribution >= 0.6 is 0 Å². The molecule has 1 heterocycles. The van der Waals surface area contributed by atoms with Crippen LogP contribution in [0.1, 0.15) is 42.8 Å². The van der Waals surface area contributed by atoms with E-state index in [-0.39, 0.29) is 0 Å². The van der Waals surface area contributed by atoms with E-state index < -0.39 is 0 Å². The molecule has 6 nitrogen and oxygen atoms in total. The van der Waals surface area contributed by atoms with Crippen LogP contribution < -0.4 is 10.6 Å². The number of aromatic nitrogens is 2. The Bertz CT molecular complexity index is 728. The number of nitrogens with zero attached hydrogens (tertiary/aromatic N) is 4. The number of hydrogen-bond donors (Lipinski definition) is 2. The number of rotatable bonds is 10. The molecule has 0 aliphatic rings. The van der Waals surface area contributed by atoms with Gasteiger partial charge in [0.05, 0.1) is 5.69 Å². The lowest BCUT2D eigenvalue weighted by molar-refractivity contribution is 0.296. The first kappa shape index (κ1) is 22.0. The van der Waals surface area contributed by atoms with Crippen LogP contribution in [0.4, 0.5) is 0 Å². The summed E-state index contributed by atoms with van der Waals surface area (Å²) in [5, 5.41) is 11.3. The van der Waals surface area contributed by atoms with Gasteiger partial charge < -0.3 is 10.6 Å². The highest BCUT2D eigenvalue weighted by Crippen LogP contribution is 2.07. The first-order valence-electron chi connectivity index (χ1n) is 10.3. The Hall–Kier alpha value is -2.34. The Morgan fingerprint density at radius 2 is 1.75 bits per heavy atom. The van der Waals surface area contributed by atoms with E-state index in [9.17, 15) is 0 Å². The monoisotopic (exact) mass is 384 g/mol. The second-order valence-electron chi connectivity index (χ2n) is 7.13. The van der Waals surface area contributed by atoms with Gasteiger partial charge in [-0.3, -0.25) is 14.6 Å². The van der Waals surface area contributed by atoms with Crippen molar-refractivity contribution >= 4 is 5.96 Å². The molecular weight excluding hydrogens is 348 g/mol. The minimum atomic E-state index is 0.767. The zero-order valence-corrected chi connectivity index (χ0v) is 18.1. The lowest BCUT2D eigenvalue weighted by Gasteiger charge is -2.18. The third kappa shape index (κ3) is 7.00. The minimum absolute atomic E-state index is 0.767. The highest BCUT2D eigenvalue weighted by Gasteiger charge is 2.03. The molecule has 0 atom stereocenters. The molecular formula is C22H36N6. The summed E-state index contributed by atoms with van der Waals surface area (Å²) in [6.45, 7) is 14.3. The van der Waals surface area contributed by atoms with Crippen molar-refractivity contribution in [2.75, 3.05) is 26.7 Å². The Morgan fingerprint density at radius 1 is 1.07 bits per heavy atom. The van der Waals surface area contributed by atoms with E-state index in [1.54, 1.807) is 0 Å². The summed E-state index contributed by atoms with van der Waals surface area (Å²) in [5.41, 5.74) is 4.91. The van der Waals surface area contributed by atoms with E-state index >= 15 is 0 Å². The van der Waals surface area contributed by atoms with Gasteiger partial charge in [0.1, 0.15) is 0 Å². The molecule has 0 saturated heterocycles. The van der Waals surface area contributed by atoms with Crippen LogP contribution in [0.5, 0.6) is 0 Å². The van der Waals surface area contributed by atoms with Crippen molar-refractivity contribution in [2.45, 2.75) is 53.8 Å². The Morgan fingerprint density at radius 3 is 2.32 bits per heavy atom. The summed E-state index contributed by atoms with van der Waals surface area (Å²) in [5.74, 6) is 0.834. The average molecular weight is 385 g/mol. The summed E-state index contributed by atoms with van der Waals surface area (Å²) in [4.78, 5) is 6.74. The molecule has 2 aromatic rings. The third-order valence-corrected chi connectivity index (χ3v) is 4.95. The van der Waals surface area contributed by atoms with E-state index in [1.165, 1.54) is 16.8 Å². The maximum Gasteiger partial charge on any atom is 0.191 e. The van der Waals surface area contributed by atoms with Crippen LogP contribution in [0.15, 0.2) is 35.3 Å². The first-order chi connectivity index (χ1) is 13.5. The number of hydrogen-bond acceptors (Lipinski definition) is 3. The van der Waals surface area contributed by atoms with Gasteiger partial charge in [-0.2, -0.15) is 5.10 Å². The quantitative estimate of drug-likeness (QED) is 0.375. The summed E-state index contributed by atoms with van der Waals surface area (Å²) >= 11 is 0. The van der Waals surface area contributed by atoms with Crippen LogP contribution in [-0.4, -0.2) is 47.3 Å². The zero-order chi connectivity index (χ0) is 20.4. The van der Waals surface area contributed by atoms with Crippen LogP contribution in [0.25, 0.3) is 0 Å². The lowest BCUT2D eigenvalue weighted by atomic mass is 10.1. The predicted octanol–water partition coefficient (Wildman–Crippen LogP) is 3.10. The van der Waals surface area contributed by atoms with E-state index in [0.29, 0.717) is 0 Å². The predicted molar refractivity (Wildman–Crippen MR) is 118 cm³/mol. The van der Waals surface area contributed by atoms with Gasteiger partial charge in [0.2, 0.25) is 0 Å². The molecule has 1 aromatic carbocycles. The van der Waals surface area contributed by atoms with E-state index in [1.807, 2.05) is 14.0 Å². The molecule has 0 radical (unpaired) electrons. The molecule has 1 aromatic heterocycles. The Labute approximate surface area is 170 Å². The SMILES string of the molecule is CCN(CC)Cc1ccc(CNC(=NC)NCCCn2nc(C)cc2C)cc1. The van der Waals surface area contributed by atoms with E-state index in [0.717, 1.165) is 57.3 Å². The molecule has 0 spiro atoms. The van der Waals surface area contributed by atoms with Crippen LogP contribution in [0.2, 0.25) is 0 Å². The normalized spacial score (nSPS) is 11.9. The van der Waals surface area contributed by atoms with E-state index in [2.05, 4.69) is 81.4 Å². The van der Waals surface area contributed by atoms with Crippen LogP contribution in [0, 0.1) is 13.8 Å². The van der Waals surface area contributed by atoms with Gasteiger partial charge in [-0.15, -0.1) is 0 Å². The van der Waals surface area contributed by atoms with Gasteiger partial charge in [0, 0.05) is 38.9 Å². The second kappa shape index (κ2) is 11.5. The summed E-state index contributed by atoms with van der Waals surface area (Å²) in [7, 11) is 1.81. The number of nitrogens with one attached hydrogen (secondary N) is 2. The van der Waals surface area contributed by atoms with Gasteiger partial charge in [-0.1, -0.05) is 38.1 Å². The van der Waals surface area contributed by atoms with Crippen molar-refractivity contribution in [2.24, 2.45) is 4.99 Å². The van der Waals surface area contributed by atoms with Gasteiger partial charge in [0.15, 0.2) is 5.96 Å². The van der Waals surface area contributed by atoms with E-state index in [4.69, 9.17) is 0 Å². The average Bonchev–Trinajstić information content (AvgIpc) is 3.03. The molecule has 2 rings (SSSR count). The van der Waals surface area contributed by atoms with Crippen molar-refractivity contribution in [1.82, 2.24) is 25.3 Å². The number of guanidine groups is 1. The third-order valence-electron chi connectivity index (χ3n) is 4.95. The molecule has 0 aliphatic carbocycles. The van der Waals surface area contributed by atoms with Crippen molar-refractivity contribution in [3.63, 3.8) is 0 Å². The summed E-state index contributed by atoms with van der Waals surface area (Å²) in [6.07, 6.45) is 1.00. The lowest BCUT2D eigenvalue weighted by Crippen LogP contribution is -2.37. The highest BCUT2D eigenvalue weighted by molar-refractivity contribution is 5.79. The standard InChI is InChI=1S/C22H36N6/c1-6-27(7-2)17-21-11-9-20(10-12-21)16-25-22(23-5)24-13-8-14-28-19(4)15-18(3)26-28/h9-12,15H,6-8,13-14,16-17H2,1-5H3,(H2,23,24,25). The molecule has 0 unspecified atom stereocenters. The fourth-order valence-corrected chi connectivity index (χ4v) is 3.21. The Balaban J connectivity index is 1.72. The van der Waals surface area contributed by atoms with Crippen molar-refractivity contribution in [3.8, 4) is 0 Å². The molecule has 6 heteroatoms. The molecule has 28 heavy (non-hydrogen) atoms. The van der Waals surface area contributed by atoms with Crippen molar-refractivity contribution < 1.29 is 0 Å². The molecule has 0 fully saturated rings. The second-order valence-corrected chi connectivity index (χ2v) is 7.13. The summed E-state index contributed by atoms with van der Waals surface area (Å²) in [6, 6.07) is 10.9. The number of benzene rings is 1. The topological polar surface area (TPSA) is 57.5 Å². The first-order valence-corrected chi connectivity index (χ1v) is 10.3. The molecule has 0 saturated carbocycles. The van der Waals surface area contributed by atoms with Crippen molar-refractivity contribution in [1.29, 1.82) is 0 Å². The van der Waals surface area contributed by atoms with Crippen LogP contribution in [0.3, 0.4) is 0 Å². The fourth-order valence-electron chi connectivity index (χ4n) is 3.21. The van der Waals surface area contributed by atoms with Crippen molar-refractivity contribution in [3.05, 3.63) is 52.8 Å². The molecule has 154 valence electrons. The maximum absolute atomic E-state index is 4.50. The molecule has 0 bridgehead atoms. The fraction of sp³-hybridized carbons (Fsp3) is 0.545. The smallest absolute Gasteiger partial charge is 0.191 e. The molecule has 2 N–H and O–H groups in total. The highest BCUT2D eigenvalue weighted by atomic mass is 15.3. The van der Waals surface area contributed by atoms with Crippen LogP contribution in [-0.2, 0) is 19.6 Å². The number of aliphatic imine (C=N–C) groups is 1. The molecule has 0 amide bonds. The van der Waals surface area contributed by atoms with Gasteiger partial charge >= 0.3 is 0 Å². The maximum atomic E-state index is 4.50. The van der Waals surface area contributed by atoms with Gasteiger partial charge in [0.25, 0.3) is 0 Å². The molecule has 0 aliphatic heterocycles. The van der Waals surface area contributed by atoms with Gasteiger partial charge in [-0.05, 0) is 50.6 Å². The zero-order valence-electron chi connectivity index (χ0n) is 18.1. The van der Waals surface area contributed by atoms with Gasteiger partial charge in [-0.25, -0.2) is 0 Å². The number of aryl methyl sites for hydroxylation is 3. The Kier molecular flexibility index (Phi) is 9.01. The largest absolute Gasteiger partial charge is 0.356 e. The minimum Gasteiger partial charge on any atom is -0.356 e.